The van der Waals surface area contributed by atoms with Gasteiger partial charge in [0.05, 0.1) is 17.7 Å². The summed E-state index contributed by atoms with van der Waals surface area (Å²) >= 11 is 0. The van der Waals surface area contributed by atoms with Crippen LogP contribution in [0.1, 0.15) is 52.6 Å². The summed E-state index contributed by atoms with van der Waals surface area (Å²) in [6.45, 7) is 10.1. The molecule has 0 radical (unpaired) electrons. The van der Waals surface area contributed by atoms with Crippen molar-refractivity contribution < 1.29 is 19.4 Å². The number of carbonyl (C=O) groups is 2. The third-order valence-electron chi connectivity index (χ3n) is 4.25. The van der Waals surface area contributed by atoms with Crippen LogP contribution < -0.4 is 0 Å². The van der Waals surface area contributed by atoms with Crippen molar-refractivity contribution in [3.63, 3.8) is 0 Å². The zero-order chi connectivity index (χ0) is 19.5. The minimum atomic E-state index is -0.703. The van der Waals surface area contributed by atoms with Gasteiger partial charge >= 0.3 is 0 Å². The summed E-state index contributed by atoms with van der Waals surface area (Å²) in [4.78, 5) is 31.2. The number of amides is 1. The second kappa shape index (κ2) is 7.99. The van der Waals surface area contributed by atoms with Crippen molar-refractivity contribution in [1.29, 1.82) is 0 Å². The molecule has 1 atom stereocenters. The number of hydrogen-bond acceptors (Lipinski definition) is 5. The van der Waals surface area contributed by atoms with E-state index in [0.717, 1.165) is 5.56 Å². The molecule has 1 N–H and O–H groups in total. The number of ether oxygens (including phenoxy) is 1. The van der Waals surface area contributed by atoms with E-state index in [1.165, 1.54) is 0 Å². The molecule has 2 rings (SSSR count). The quantitative estimate of drug-likeness (QED) is 0.755. The molecule has 0 saturated carbocycles. The van der Waals surface area contributed by atoms with Crippen molar-refractivity contribution in [3.05, 3.63) is 41.4 Å². The summed E-state index contributed by atoms with van der Waals surface area (Å²) in [5.74, 6) is -1.19. The summed E-state index contributed by atoms with van der Waals surface area (Å²) in [5, 5.41) is 10.5. The average Bonchev–Trinajstić information content (AvgIpc) is 2.82. The molecule has 0 saturated heterocycles. The Bertz CT molecular complexity index is 690. The number of aliphatic hydroxyl groups excluding tert-OH is 1. The summed E-state index contributed by atoms with van der Waals surface area (Å²) < 4.78 is 5.54. The second-order valence-electron chi connectivity index (χ2n) is 7.80. The van der Waals surface area contributed by atoms with Gasteiger partial charge in [-0.25, -0.2) is 0 Å². The van der Waals surface area contributed by atoms with Gasteiger partial charge in [0.2, 0.25) is 0 Å². The van der Waals surface area contributed by atoms with Crippen LogP contribution in [0.4, 0.5) is 0 Å². The normalized spacial score (nSPS) is 18.2. The lowest BCUT2D eigenvalue weighted by atomic mass is 9.82. The third kappa shape index (κ3) is 4.30. The van der Waals surface area contributed by atoms with Gasteiger partial charge in [0, 0.05) is 31.0 Å². The van der Waals surface area contributed by atoms with E-state index in [9.17, 15) is 14.7 Å². The van der Waals surface area contributed by atoms with Gasteiger partial charge in [-0.05, 0) is 38.0 Å². The number of ketones is 1. The van der Waals surface area contributed by atoms with E-state index in [1.807, 2.05) is 13.8 Å². The molecule has 1 aliphatic heterocycles. The Morgan fingerprint density at radius 1 is 1.31 bits per heavy atom. The van der Waals surface area contributed by atoms with Crippen LogP contribution in [0.25, 0.3) is 0 Å². The molecule has 0 aliphatic carbocycles. The standard InChI is InChI=1S/C20H28N2O4/c1-13(2)26-12-6-11-22-16(14-7-9-21-10-8-14)15(17(23)19(22)25)18(24)20(3,4)5/h7-10,13,16,23H,6,11-12H2,1-5H3. The van der Waals surface area contributed by atoms with Gasteiger partial charge in [0.1, 0.15) is 0 Å². The van der Waals surface area contributed by atoms with E-state index >= 15 is 0 Å². The van der Waals surface area contributed by atoms with Crippen LogP contribution in [0.3, 0.4) is 0 Å². The van der Waals surface area contributed by atoms with Gasteiger partial charge in [0.25, 0.3) is 5.91 Å². The predicted octanol–water partition coefficient (Wildman–Crippen LogP) is 3.21. The Kier molecular flexibility index (Phi) is 6.18. The van der Waals surface area contributed by atoms with Gasteiger partial charge in [-0.2, -0.15) is 0 Å². The van der Waals surface area contributed by atoms with E-state index in [2.05, 4.69) is 4.98 Å². The molecule has 26 heavy (non-hydrogen) atoms. The maximum Gasteiger partial charge on any atom is 0.290 e. The lowest BCUT2D eigenvalue weighted by Gasteiger charge is -2.28. The molecule has 1 unspecified atom stereocenters. The van der Waals surface area contributed by atoms with Crippen LogP contribution in [0, 0.1) is 5.41 Å². The van der Waals surface area contributed by atoms with E-state index < -0.39 is 23.1 Å². The van der Waals surface area contributed by atoms with E-state index in [1.54, 1.807) is 50.2 Å². The Balaban J connectivity index is 2.34. The number of pyridine rings is 1. The molecule has 142 valence electrons. The fraction of sp³-hybridized carbons (Fsp3) is 0.550. The van der Waals surface area contributed by atoms with E-state index in [-0.39, 0.29) is 17.5 Å². The van der Waals surface area contributed by atoms with Gasteiger partial charge < -0.3 is 14.7 Å². The van der Waals surface area contributed by atoms with Crippen molar-refractivity contribution in [2.24, 2.45) is 5.41 Å². The molecule has 1 aliphatic rings. The molecule has 0 aromatic carbocycles. The van der Waals surface area contributed by atoms with Gasteiger partial charge in [-0.1, -0.05) is 20.8 Å². The van der Waals surface area contributed by atoms with Crippen molar-refractivity contribution in [2.75, 3.05) is 13.2 Å². The number of aliphatic hydroxyl groups is 1. The van der Waals surface area contributed by atoms with Crippen LogP contribution in [0.2, 0.25) is 0 Å². The Morgan fingerprint density at radius 2 is 1.92 bits per heavy atom. The maximum atomic E-state index is 12.9. The number of Topliss-reactive ketones (excluding diaryl/α,β-unsaturated/α-hetero) is 1. The first-order chi connectivity index (χ1) is 12.1. The smallest absolute Gasteiger partial charge is 0.290 e. The number of rotatable bonds is 7. The minimum absolute atomic E-state index is 0.116. The predicted molar refractivity (Wildman–Crippen MR) is 98.5 cm³/mol. The van der Waals surface area contributed by atoms with Crippen LogP contribution in [-0.4, -0.2) is 45.9 Å². The van der Waals surface area contributed by atoms with Crippen LogP contribution in [0.15, 0.2) is 35.9 Å². The lowest BCUT2D eigenvalue weighted by Crippen LogP contribution is -2.34. The molecule has 1 aromatic heterocycles. The Morgan fingerprint density at radius 3 is 2.46 bits per heavy atom. The summed E-state index contributed by atoms with van der Waals surface area (Å²) in [6, 6.07) is 2.94. The molecular formula is C20H28N2O4. The van der Waals surface area contributed by atoms with Crippen molar-refractivity contribution in [1.82, 2.24) is 9.88 Å². The highest BCUT2D eigenvalue weighted by Crippen LogP contribution is 2.40. The van der Waals surface area contributed by atoms with Crippen LogP contribution >= 0.6 is 0 Å². The molecule has 1 amide bonds. The minimum Gasteiger partial charge on any atom is -0.503 e. The van der Waals surface area contributed by atoms with Crippen LogP contribution in [-0.2, 0) is 14.3 Å². The first kappa shape index (κ1) is 20.1. The van der Waals surface area contributed by atoms with Crippen molar-refractivity contribution in [2.45, 2.75) is 53.2 Å². The molecule has 0 spiro atoms. The molecule has 6 heteroatoms. The van der Waals surface area contributed by atoms with Gasteiger partial charge in [-0.3, -0.25) is 14.6 Å². The third-order valence-corrected chi connectivity index (χ3v) is 4.25. The number of hydrogen-bond donors (Lipinski definition) is 1. The van der Waals surface area contributed by atoms with Gasteiger partial charge in [-0.15, -0.1) is 0 Å². The second-order valence-corrected chi connectivity index (χ2v) is 7.80. The molecule has 1 aromatic rings. The summed E-state index contributed by atoms with van der Waals surface area (Å²) in [6.07, 6.45) is 3.98. The molecule has 0 bridgehead atoms. The number of nitrogens with zero attached hydrogens (tertiary/aromatic N) is 2. The largest absolute Gasteiger partial charge is 0.503 e. The monoisotopic (exact) mass is 360 g/mol. The fourth-order valence-electron chi connectivity index (χ4n) is 2.97. The molecule has 2 heterocycles. The van der Waals surface area contributed by atoms with Crippen molar-refractivity contribution in [3.8, 4) is 0 Å². The summed E-state index contributed by atoms with van der Waals surface area (Å²) in [7, 11) is 0. The number of aromatic nitrogens is 1. The van der Waals surface area contributed by atoms with Gasteiger partial charge in [0.15, 0.2) is 11.5 Å². The highest BCUT2D eigenvalue weighted by Gasteiger charge is 2.45. The zero-order valence-corrected chi connectivity index (χ0v) is 16.2. The number of carbonyl (C=O) groups excluding carboxylic acids is 2. The van der Waals surface area contributed by atoms with Crippen molar-refractivity contribution >= 4 is 11.7 Å². The first-order valence-corrected chi connectivity index (χ1v) is 8.95. The first-order valence-electron chi connectivity index (χ1n) is 8.95. The Labute approximate surface area is 154 Å². The Hall–Kier alpha value is -2.21. The maximum absolute atomic E-state index is 12.9. The summed E-state index contributed by atoms with van der Waals surface area (Å²) in [5.41, 5.74) is 0.222. The highest BCUT2D eigenvalue weighted by molar-refractivity contribution is 6.10. The lowest BCUT2D eigenvalue weighted by molar-refractivity contribution is -0.129. The average molecular weight is 360 g/mol. The molecule has 0 fully saturated rings. The zero-order valence-electron chi connectivity index (χ0n) is 16.2. The van der Waals surface area contributed by atoms with E-state index in [0.29, 0.717) is 19.6 Å². The fourth-order valence-corrected chi connectivity index (χ4v) is 2.97. The van der Waals surface area contributed by atoms with E-state index in [4.69, 9.17) is 4.74 Å². The topological polar surface area (TPSA) is 79.7 Å². The van der Waals surface area contributed by atoms with Crippen LogP contribution in [0.5, 0.6) is 0 Å². The molecule has 6 nitrogen and oxygen atoms in total. The SMILES string of the molecule is CC(C)OCCCN1C(=O)C(O)=C(C(=O)C(C)(C)C)C1c1ccncc1. The highest BCUT2D eigenvalue weighted by atomic mass is 16.5. The molecular weight excluding hydrogens is 332 g/mol.